The first-order valence-corrected chi connectivity index (χ1v) is 8.63. The maximum atomic E-state index is 12.7. The summed E-state index contributed by atoms with van der Waals surface area (Å²) < 4.78 is 3.61. The number of carbonyl (C=O) groups excluding carboxylic acids is 1. The molecule has 2 aromatic heterocycles. The highest BCUT2D eigenvalue weighted by atomic mass is 16.2. The molecule has 2 amide bonds. The number of hydrogen-bond acceptors (Lipinski definition) is 3. The SMILES string of the molecule is CCc1nn(C)c(NC(=O)N[C@H](c2ccccc2)c2nccn2C)c1C. The van der Waals surface area contributed by atoms with Gasteiger partial charge in [0.15, 0.2) is 0 Å². The first-order valence-electron chi connectivity index (χ1n) is 8.63. The maximum Gasteiger partial charge on any atom is 0.321 e. The van der Waals surface area contributed by atoms with Crippen molar-refractivity contribution in [3.63, 3.8) is 0 Å². The lowest BCUT2D eigenvalue weighted by molar-refractivity contribution is 0.249. The number of nitrogens with zero attached hydrogens (tertiary/aromatic N) is 4. The van der Waals surface area contributed by atoms with Crippen LogP contribution in [0.1, 0.15) is 35.6 Å². The Morgan fingerprint density at radius 1 is 1.23 bits per heavy atom. The lowest BCUT2D eigenvalue weighted by Gasteiger charge is -2.19. The molecule has 1 atom stereocenters. The molecule has 0 saturated carbocycles. The molecule has 0 fully saturated rings. The van der Waals surface area contributed by atoms with Gasteiger partial charge in [0, 0.05) is 32.1 Å². The van der Waals surface area contributed by atoms with Crippen molar-refractivity contribution in [3.8, 4) is 0 Å². The van der Waals surface area contributed by atoms with Crippen LogP contribution in [0.4, 0.5) is 10.6 Å². The van der Waals surface area contributed by atoms with E-state index in [4.69, 9.17) is 0 Å². The average molecular weight is 352 g/mol. The van der Waals surface area contributed by atoms with Crippen molar-refractivity contribution in [2.24, 2.45) is 14.1 Å². The molecule has 7 heteroatoms. The van der Waals surface area contributed by atoms with Gasteiger partial charge in [0.1, 0.15) is 17.7 Å². The summed E-state index contributed by atoms with van der Waals surface area (Å²) in [5, 5.41) is 10.4. The summed E-state index contributed by atoms with van der Waals surface area (Å²) in [4.78, 5) is 17.1. The van der Waals surface area contributed by atoms with E-state index in [-0.39, 0.29) is 12.1 Å². The topological polar surface area (TPSA) is 76.8 Å². The molecular weight excluding hydrogens is 328 g/mol. The molecule has 1 aromatic carbocycles. The van der Waals surface area contributed by atoms with Crippen molar-refractivity contribution in [2.75, 3.05) is 5.32 Å². The van der Waals surface area contributed by atoms with Crippen LogP contribution in [0, 0.1) is 6.92 Å². The van der Waals surface area contributed by atoms with Gasteiger partial charge in [-0.15, -0.1) is 0 Å². The summed E-state index contributed by atoms with van der Waals surface area (Å²) >= 11 is 0. The van der Waals surface area contributed by atoms with Crippen LogP contribution in [0.15, 0.2) is 42.7 Å². The predicted molar refractivity (Wildman–Crippen MR) is 101 cm³/mol. The second kappa shape index (κ2) is 7.43. The number of aromatic nitrogens is 4. The summed E-state index contributed by atoms with van der Waals surface area (Å²) in [5.74, 6) is 1.47. The molecule has 2 heterocycles. The zero-order chi connectivity index (χ0) is 18.7. The fourth-order valence-corrected chi connectivity index (χ4v) is 3.07. The van der Waals surface area contributed by atoms with Crippen molar-refractivity contribution < 1.29 is 4.79 Å². The van der Waals surface area contributed by atoms with Gasteiger partial charge in [-0.05, 0) is 18.9 Å². The van der Waals surface area contributed by atoms with Gasteiger partial charge in [0.25, 0.3) is 0 Å². The van der Waals surface area contributed by atoms with Crippen molar-refractivity contribution in [1.82, 2.24) is 24.6 Å². The van der Waals surface area contributed by atoms with Gasteiger partial charge in [-0.1, -0.05) is 37.3 Å². The van der Waals surface area contributed by atoms with E-state index in [1.807, 2.05) is 69.0 Å². The Morgan fingerprint density at radius 2 is 1.96 bits per heavy atom. The van der Waals surface area contributed by atoms with E-state index in [0.717, 1.165) is 29.1 Å². The average Bonchev–Trinajstić information content (AvgIpc) is 3.18. The molecule has 0 aliphatic heterocycles. The zero-order valence-corrected chi connectivity index (χ0v) is 15.5. The van der Waals surface area contributed by atoms with Crippen LogP contribution in [0.5, 0.6) is 0 Å². The molecule has 0 unspecified atom stereocenters. The fourth-order valence-electron chi connectivity index (χ4n) is 3.07. The molecule has 0 aliphatic carbocycles. The third-order valence-corrected chi connectivity index (χ3v) is 4.47. The highest BCUT2D eigenvalue weighted by Crippen LogP contribution is 2.22. The van der Waals surface area contributed by atoms with Gasteiger partial charge < -0.3 is 9.88 Å². The number of anilines is 1. The van der Waals surface area contributed by atoms with E-state index in [1.165, 1.54) is 0 Å². The minimum atomic E-state index is -0.352. The Labute approximate surface area is 153 Å². The lowest BCUT2D eigenvalue weighted by atomic mass is 10.1. The zero-order valence-electron chi connectivity index (χ0n) is 15.5. The number of nitrogens with one attached hydrogen (secondary N) is 2. The smallest absolute Gasteiger partial charge is 0.321 e. The number of carbonyl (C=O) groups is 1. The van der Waals surface area contributed by atoms with E-state index >= 15 is 0 Å². The highest BCUT2D eigenvalue weighted by Gasteiger charge is 2.22. The molecule has 0 radical (unpaired) electrons. The number of imidazole rings is 1. The molecule has 3 aromatic rings. The Hall–Kier alpha value is -3.09. The van der Waals surface area contributed by atoms with Gasteiger partial charge in [-0.25, -0.2) is 9.78 Å². The molecule has 136 valence electrons. The van der Waals surface area contributed by atoms with Gasteiger partial charge in [-0.2, -0.15) is 5.10 Å². The molecule has 0 bridgehead atoms. The van der Waals surface area contributed by atoms with Crippen molar-refractivity contribution in [1.29, 1.82) is 0 Å². The number of hydrogen-bond donors (Lipinski definition) is 2. The van der Waals surface area contributed by atoms with Crippen LogP contribution in [0.25, 0.3) is 0 Å². The van der Waals surface area contributed by atoms with Crippen LogP contribution < -0.4 is 10.6 Å². The molecule has 7 nitrogen and oxygen atoms in total. The van der Waals surface area contributed by atoms with E-state index in [2.05, 4.69) is 20.7 Å². The molecular formula is C19H24N6O. The molecule has 0 aliphatic rings. The van der Waals surface area contributed by atoms with E-state index in [1.54, 1.807) is 10.9 Å². The quantitative estimate of drug-likeness (QED) is 0.741. The molecule has 0 saturated heterocycles. The number of benzene rings is 1. The summed E-state index contributed by atoms with van der Waals surface area (Å²) in [6, 6.07) is 9.15. The standard InChI is InChI=1S/C19H24N6O/c1-5-15-13(2)17(25(4)23-15)22-19(26)21-16(14-9-7-6-8-10-14)18-20-11-12-24(18)3/h6-12,16H,5H2,1-4H3,(H2,21,22,26)/t16-/m1/s1. The van der Waals surface area contributed by atoms with Gasteiger partial charge >= 0.3 is 6.03 Å². The molecule has 0 spiro atoms. The summed E-state index contributed by atoms with van der Waals surface area (Å²) in [6.45, 7) is 4.01. The van der Waals surface area contributed by atoms with Gasteiger partial charge in [0.2, 0.25) is 0 Å². The number of amides is 2. The first-order chi connectivity index (χ1) is 12.5. The third kappa shape index (κ3) is 3.46. The van der Waals surface area contributed by atoms with Gasteiger partial charge in [0.05, 0.1) is 5.69 Å². The molecule has 3 rings (SSSR count). The monoisotopic (exact) mass is 352 g/mol. The van der Waals surface area contributed by atoms with Crippen LogP contribution in [0.2, 0.25) is 0 Å². The van der Waals surface area contributed by atoms with E-state index in [9.17, 15) is 4.79 Å². The molecule has 26 heavy (non-hydrogen) atoms. The second-order valence-electron chi connectivity index (χ2n) is 6.24. The minimum Gasteiger partial charge on any atom is -0.336 e. The highest BCUT2D eigenvalue weighted by molar-refractivity contribution is 5.89. The Morgan fingerprint density at radius 3 is 2.54 bits per heavy atom. The fraction of sp³-hybridized carbons (Fsp3) is 0.316. The molecule has 2 N–H and O–H groups in total. The minimum absolute atomic E-state index is 0.296. The van der Waals surface area contributed by atoms with E-state index in [0.29, 0.717) is 5.82 Å². The van der Waals surface area contributed by atoms with Crippen molar-refractivity contribution >= 4 is 11.8 Å². The number of aryl methyl sites for hydroxylation is 3. The number of rotatable bonds is 5. The third-order valence-electron chi connectivity index (χ3n) is 4.47. The van der Waals surface area contributed by atoms with E-state index < -0.39 is 0 Å². The summed E-state index contributed by atoms with van der Waals surface area (Å²) in [7, 11) is 3.74. The largest absolute Gasteiger partial charge is 0.336 e. The van der Waals surface area contributed by atoms with Crippen LogP contribution in [-0.2, 0) is 20.5 Å². The predicted octanol–water partition coefficient (Wildman–Crippen LogP) is 2.94. The van der Waals surface area contributed by atoms with Crippen LogP contribution >= 0.6 is 0 Å². The van der Waals surface area contributed by atoms with Crippen LogP contribution in [0.3, 0.4) is 0 Å². The van der Waals surface area contributed by atoms with Crippen molar-refractivity contribution in [2.45, 2.75) is 26.3 Å². The Kier molecular flexibility index (Phi) is 5.06. The van der Waals surface area contributed by atoms with Crippen molar-refractivity contribution in [3.05, 3.63) is 65.4 Å². The van der Waals surface area contributed by atoms with Crippen LogP contribution in [-0.4, -0.2) is 25.4 Å². The lowest BCUT2D eigenvalue weighted by Crippen LogP contribution is -2.35. The maximum absolute atomic E-state index is 12.7. The Balaban J connectivity index is 1.85. The normalized spacial score (nSPS) is 12.0. The summed E-state index contributed by atoms with van der Waals surface area (Å²) in [5.41, 5.74) is 2.93. The first kappa shape index (κ1) is 17.7. The van der Waals surface area contributed by atoms with Gasteiger partial charge in [-0.3, -0.25) is 10.00 Å². The Bertz CT molecular complexity index is 896. The summed E-state index contributed by atoms with van der Waals surface area (Å²) in [6.07, 6.45) is 4.41. The second-order valence-corrected chi connectivity index (χ2v) is 6.24. The number of urea groups is 1.